The molecule has 2 aromatic carbocycles. The topological polar surface area (TPSA) is 172 Å². The second-order valence-electron chi connectivity index (χ2n) is 8.84. The Kier molecular flexibility index (Phi) is 6.55. The van der Waals surface area contributed by atoms with E-state index in [9.17, 15) is 32.7 Å². The average Bonchev–Trinajstić information content (AvgIpc) is 3.18. The number of para-hydroxylation sites is 1. The number of esters is 1. The van der Waals surface area contributed by atoms with Crippen LogP contribution in [-0.2, 0) is 29.0 Å². The molecular formula is C25H22N4O8S. The number of pyridine rings is 1. The van der Waals surface area contributed by atoms with Crippen LogP contribution < -0.4 is 15.5 Å². The summed E-state index contributed by atoms with van der Waals surface area (Å²) in [4.78, 5) is 56.0. The lowest BCUT2D eigenvalue weighted by molar-refractivity contribution is -0.155. The van der Waals surface area contributed by atoms with Gasteiger partial charge in [-0.3, -0.25) is 29.1 Å². The van der Waals surface area contributed by atoms with Crippen LogP contribution in [0.1, 0.15) is 16.9 Å². The second-order valence-corrected chi connectivity index (χ2v) is 10.8. The molecule has 0 radical (unpaired) electrons. The highest BCUT2D eigenvalue weighted by Crippen LogP contribution is 2.30. The number of benzene rings is 2. The monoisotopic (exact) mass is 538 g/mol. The number of hydrogen-bond donors (Lipinski definition) is 3. The molecule has 3 heterocycles. The summed E-state index contributed by atoms with van der Waals surface area (Å²) in [6, 6.07) is 11.8. The first-order valence-electron chi connectivity index (χ1n) is 11.6. The molecule has 2 aliphatic rings. The highest BCUT2D eigenvalue weighted by Gasteiger charge is 2.40. The zero-order chi connectivity index (χ0) is 27.0. The molecule has 0 bridgehead atoms. The Morgan fingerprint density at radius 2 is 1.79 bits per heavy atom. The molecular weight excluding hydrogens is 516 g/mol. The zero-order valence-corrected chi connectivity index (χ0v) is 20.6. The van der Waals surface area contributed by atoms with Crippen LogP contribution in [0.25, 0.3) is 10.8 Å². The van der Waals surface area contributed by atoms with E-state index in [0.717, 1.165) is 10.3 Å². The van der Waals surface area contributed by atoms with Crippen molar-refractivity contribution in [2.75, 3.05) is 17.2 Å². The Labute approximate surface area is 216 Å². The largest absolute Gasteiger partial charge is 0.434 e. The summed E-state index contributed by atoms with van der Waals surface area (Å²) in [6.07, 6.45) is -0.372. The van der Waals surface area contributed by atoms with E-state index in [1.807, 2.05) is 0 Å². The van der Waals surface area contributed by atoms with Crippen LogP contribution in [0.3, 0.4) is 0 Å². The number of cyclic esters (lactones) is 1. The van der Waals surface area contributed by atoms with Crippen molar-refractivity contribution in [2.45, 2.75) is 29.7 Å². The molecule has 1 aromatic heterocycles. The molecule has 1 fully saturated rings. The fourth-order valence-electron chi connectivity index (χ4n) is 4.49. The van der Waals surface area contributed by atoms with Crippen molar-refractivity contribution in [3.63, 3.8) is 0 Å². The quantitative estimate of drug-likeness (QED) is 0.375. The van der Waals surface area contributed by atoms with Crippen LogP contribution in [-0.4, -0.2) is 72.9 Å². The van der Waals surface area contributed by atoms with Crippen molar-refractivity contribution in [1.29, 1.82) is 0 Å². The maximum atomic E-state index is 13.6. The lowest BCUT2D eigenvalue weighted by Crippen LogP contribution is -2.53. The van der Waals surface area contributed by atoms with Crippen molar-refractivity contribution in [3.8, 4) is 0 Å². The van der Waals surface area contributed by atoms with Crippen molar-refractivity contribution in [3.05, 3.63) is 66.5 Å². The zero-order valence-electron chi connectivity index (χ0n) is 19.7. The van der Waals surface area contributed by atoms with E-state index in [2.05, 4.69) is 20.4 Å². The van der Waals surface area contributed by atoms with Gasteiger partial charge in [-0.1, -0.05) is 36.4 Å². The van der Waals surface area contributed by atoms with Gasteiger partial charge >= 0.3 is 5.97 Å². The van der Waals surface area contributed by atoms with Gasteiger partial charge in [-0.25, -0.2) is 8.42 Å². The Balaban J connectivity index is 1.45. The fourth-order valence-corrected chi connectivity index (χ4v) is 6.11. The lowest BCUT2D eigenvalue weighted by atomic mass is 10.1. The number of nitrogens with one attached hydrogen (secondary N) is 2. The maximum absolute atomic E-state index is 13.6. The summed E-state index contributed by atoms with van der Waals surface area (Å²) in [7, 11) is -4.07. The minimum atomic E-state index is -4.07. The van der Waals surface area contributed by atoms with Gasteiger partial charge in [-0.15, -0.1) is 0 Å². The van der Waals surface area contributed by atoms with Gasteiger partial charge in [-0.2, -0.15) is 0 Å². The average molecular weight is 539 g/mol. The van der Waals surface area contributed by atoms with Gasteiger partial charge in [-0.05, 0) is 23.6 Å². The third-order valence-electron chi connectivity index (χ3n) is 6.27. The number of hydrogen-bond acceptors (Lipinski definition) is 9. The molecule has 0 aliphatic carbocycles. The first kappa shape index (κ1) is 25.3. The van der Waals surface area contributed by atoms with E-state index in [1.165, 1.54) is 30.5 Å². The molecule has 3 aromatic rings. The summed E-state index contributed by atoms with van der Waals surface area (Å²) in [5.41, 5.74) is -0.0220. The predicted molar refractivity (Wildman–Crippen MR) is 132 cm³/mol. The SMILES string of the molecule is O=C(CN1C(=O)[C@@H](NC(=O)c2nccc3ccccc23)CS(=O)(=O)c2ccccc21)N[C@H]1CC(=O)OC1O. The highest BCUT2D eigenvalue weighted by molar-refractivity contribution is 7.91. The minimum absolute atomic E-state index is 0.0132. The molecule has 3 N–H and O–H groups in total. The van der Waals surface area contributed by atoms with Gasteiger partial charge in [0.2, 0.25) is 12.2 Å². The van der Waals surface area contributed by atoms with Crippen LogP contribution >= 0.6 is 0 Å². The molecule has 2 aliphatic heterocycles. The molecule has 3 amide bonds. The number of fused-ring (bicyclic) bond motifs is 2. The van der Waals surface area contributed by atoms with Gasteiger partial charge in [0.25, 0.3) is 11.8 Å². The van der Waals surface area contributed by atoms with E-state index in [0.29, 0.717) is 5.39 Å². The number of aromatic nitrogens is 1. The molecule has 196 valence electrons. The number of rotatable bonds is 5. The van der Waals surface area contributed by atoms with Crippen molar-refractivity contribution >= 4 is 50.0 Å². The number of amides is 3. The summed E-state index contributed by atoms with van der Waals surface area (Å²) in [6.45, 7) is -0.637. The van der Waals surface area contributed by atoms with Gasteiger partial charge in [0.1, 0.15) is 24.3 Å². The number of sulfone groups is 1. The number of anilines is 1. The number of carbonyl (C=O) groups excluding carboxylic acids is 4. The van der Waals surface area contributed by atoms with E-state index >= 15 is 0 Å². The van der Waals surface area contributed by atoms with Crippen LogP contribution in [0.2, 0.25) is 0 Å². The highest BCUT2D eigenvalue weighted by atomic mass is 32.2. The molecule has 5 rings (SSSR count). The normalized spacial score (nSPS) is 22.3. The number of carbonyl (C=O) groups is 4. The lowest BCUT2D eigenvalue weighted by Gasteiger charge is -2.26. The first-order valence-corrected chi connectivity index (χ1v) is 13.2. The van der Waals surface area contributed by atoms with E-state index in [-0.39, 0.29) is 22.7 Å². The molecule has 0 saturated carbocycles. The fraction of sp³-hybridized carbons (Fsp3) is 0.240. The van der Waals surface area contributed by atoms with Crippen molar-refractivity contribution in [1.82, 2.24) is 15.6 Å². The van der Waals surface area contributed by atoms with Crippen LogP contribution in [0.4, 0.5) is 5.69 Å². The number of nitrogens with zero attached hydrogens (tertiary/aromatic N) is 2. The molecule has 1 saturated heterocycles. The summed E-state index contributed by atoms with van der Waals surface area (Å²) >= 11 is 0. The number of ether oxygens (including phenoxy) is 1. The van der Waals surface area contributed by atoms with E-state index in [1.54, 1.807) is 30.3 Å². The molecule has 38 heavy (non-hydrogen) atoms. The Hall–Kier alpha value is -4.36. The predicted octanol–water partition coefficient (Wildman–Crippen LogP) is -0.0962. The van der Waals surface area contributed by atoms with Gasteiger partial charge in [0.05, 0.1) is 22.8 Å². The Morgan fingerprint density at radius 1 is 1.05 bits per heavy atom. The van der Waals surface area contributed by atoms with Crippen molar-refractivity contribution < 1.29 is 37.4 Å². The van der Waals surface area contributed by atoms with E-state index < -0.39 is 64.2 Å². The van der Waals surface area contributed by atoms with Crippen LogP contribution in [0.15, 0.2) is 65.7 Å². The van der Waals surface area contributed by atoms with Crippen molar-refractivity contribution in [2.24, 2.45) is 0 Å². The van der Waals surface area contributed by atoms with Gasteiger partial charge in [0.15, 0.2) is 9.84 Å². The number of aliphatic hydroxyl groups excluding tert-OH is 1. The third kappa shape index (κ3) is 4.80. The molecule has 1 unspecified atom stereocenters. The van der Waals surface area contributed by atoms with Gasteiger partial charge < -0.3 is 20.5 Å². The third-order valence-corrected chi connectivity index (χ3v) is 8.05. The molecule has 13 heteroatoms. The smallest absolute Gasteiger partial charge is 0.310 e. The summed E-state index contributed by atoms with van der Waals surface area (Å²) in [5.74, 6) is -3.79. The number of aliphatic hydroxyl groups is 1. The molecule has 12 nitrogen and oxygen atoms in total. The molecule has 3 atom stereocenters. The van der Waals surface area contributed by atoms with Gasteiger partial charge in [0, 0.05) is 11.6 Å². The standard InChI is InChI=1S/C25H22N4O8S/c30-20(27-16-11-21(31)37-25(16)34)12-29-18-7-3-4-8-19(18)38(35,36)13-17(24(29)33)28-23(32)22-15-6-2-1-5-14(15)9-10-26-22/h1-10,16-17,25,34H,11-13H2,(H,27,30)(H,28,32)/t16-,17-,25?/m0/s1. The maximum Gasteiger partial charge on any atom is 0.310 e. The Morgan fingerprint density at radius 3 is 2.55 bits per heavy atom. The molecule has 0 spiro atoms. The van der Waals surface area contributed by atoms with Crippen LogP contribution in [0.5, 0.6) is 0 Å². The second kappa shape index (κ2) is 9.84. The van der Waals surface area contributed by atoms with Crippen LogP contribution in [0, 0.1) is 0 Å². The Bertz CT molecular complexity index is 1570. The summed E-state index contributed by atoms with van der Waals surface area (Å²) in [5, 5.41) is 16.0. The first-order chi connectivity index (χ1) is 18.1. The van der Waals surface area contributed by atoms with E-state index in [4.69, 9.17) is 0 Å². The summed E-state index contributed by atoms with van der Waals surface area (Å²) < 4.78 is 31.1. The minimum Gasteiger partial charge on any atom is -0.434 e.